The smallest absolute Gasteiger partial charge is 0.223 e. The molecule has 98 valence electrons. The van der Waals surface area contributed by atoms with Gasteiger partial charge in [-0.05, 0) is 38.3 Å². The number of rotatable bonds is 2. The highest BCUT2D eigenvalue weighted by Gasteiger charge is 2.26. The zero-order valence-corrected chi connectivity index (χ0v) is 11.0. The van der Waals surface area contributed by atoms with Crippen LogP contribution < -0.4 is 10.6 Å². The molecule has 2 unspecified atom stereocenters. The molecule has 0 aromatic heterocycles. The predicted octanol–water partition coefficient (Wildman–Crippen LogP) is 2.07. The number of hydrogen-bond donors (Lipinski definition) is 2. The van der Waals surface area contributed by atoms with Crippen LogP contribution in [-0.2, 0) is 4.79 Å². The second-order valence-corrected chi connectivity index (χ2v) is 5.77. The van der Waals surface area contributed by atoms with Gasteiger partial charge >= 0.3 is 0 Å². The highest BCUT2D eigenvalue weighted by Crippen LogP contribution is 2.23. The lowest BCUT2D eigenvalue weighted by Crippen LogP contribution is -2.49. The Kier molecular flexibility index (Phi) is 4.84. The van der Waals surface area contributed by atoms with E-state index in [1.165, 1.54) is 25.7 Å². The highest BCUT2D eigenvalue weighted by molar-refractivity contribution is 5.79. The highest BCUT2D eigenvalue weighted by atomic mass is 16.1. The first-order valence-electron chi connectivity index (χ1n) is 7.28. The van der Waals surface area contributed by atoms with Crippen LogP contribution in [0.15, 0.2) is 0 Å². The van der Waals surface area contributed by atoms with E-state index >= 15 is 0 Å². The summed E-state index contributed by atoms with van der Waals surface area (Å²) in [5, 5.41) is 6.66. The van der Waals surface area contributed by atoms with Gasteiger partial charge in [-0.15, -0.1) is 0 Å². The van der Waals surface area contributed by atoms with Crippen LogP contribution in [0, 0.1) is 11.8 Å². The molecule has 2 aliphatic rings. The van der Waals surface area contributed by atoms with E-state index in [0.717, 1.165) is 32.4 Å². The first-order valence-corrected chi connectivity index (χ1v) is 7.28. The summed E-state index contributed by atoms with van der Waals surface area (Å²) in [6.07, 6.45) is 8.39. The number of hydrogen-bond acceptors (Lipinski definition) is 2. The fourth-order valence-electron chi connectivity index (χ4n) is 3.07. The Morgan fingerprint density at radius 3 is 2.47 bits per heavy atom. The van der Waals surface area contributed by atoms with Gasteiger partial charge in [0.1, 0.15) is 0 Å². The maximum atomic E-state index is 12.2. The molecular weight excluding hydrogens is 212 g/mol. The third kappa shape index (κ3) is 3.70. The Bertz CT molecular complexity index is 247. The average molecular weight is 238 g/mol. The predicted molar refractivity (Wildman–Crippen MR) is 69.8 cm³/mol. The molecule has 2 atom stereocenters. The normalized spacial score (nSPS) is 31.8. The first kappa shape index (κ1) is 12.9. The third-order valence-corrected chi connectivity index (χ3v) is 4.34. The van der Waals surface area contributed by atoms with Crippen molar-refractivity contribution in [2.75, 3.05) is 13.1 Å². The third-order valence-electron chi connectivity index (χ3n) is 4.34. The topological polar surface area (TPSA) is 41.1 Å². The fourth-order valence-corrected chi connectivity index (χ4v) is 3.07. The largest absolute Gasteiger partial charge is 0.353 e. The molecule has 2 N–H and O–H groups in total. The summed E-state index contributed by atoms with van der Waals surface area (Å²) in [6.45, 7) is 4.31. The van der Waals surface area contributed by atoms with Gasteiger partial charge < -0.3 is 10.6 Å². The summed E-state index contributed by atoms with van der Waals surface area (Å²) < 4.78 is 0. The molecule has 3 nitrogen and oxygen atoms in total. The molecule has 3 heteroatoms. The second kappa shape index (κ2) is 6.39. The lowest BCUT2D eigenvalue weighted by atomic mass is 9.93. The molecule has 0 aromatic carbocycles. The van der Waals surface area contributed by atoms with Crippen molar-refractivity contribution in [2.24, 2.45) is 11.8 Å². The van der Waals surface area contributed by atoms with Crippen molar-refractivity contribution < 1.29 is 4.79 Å². The van der Waals surface area contributed by atoms with Gasteiger partial charge in [0.25, 0.3) is 0 Å². The summed E-state index contributed by atoms with van der Waals surface area (Å²) in [4.78, 5) is 12.2. The van der Waals surface area contributed by atoms with Crippen LogP contribution in [0.3, 0.4) is 0 Å². The maximum absolute atomic E-state index is 12.2. The van der Waals surface area contributed by atoms with Crippen molar-refractivity contribution in [3.63, 3.8) is 0 Å². The standard InChI is InChI=1S/C14H26N2O/c1-11-10-15-9-8-13(11)16-14(17)12-6-4-2-3-5-7-12/h11-13,15H,2-10H2,1H3,(H,16,17). The Morgan fingerprint density at radius 1 is 1.12 bits per heavy atom. The van der Waals surface area contributed by atoms with Gasteiger partial charge in [-0.3, -0.25) is 4.79 Å². The molecule has 2 fully saturated rings. The monoisotopic (exact) mass is 238 g/mol. The molecule has 1 amide bonds. The minimum Gasteiger partial charge on any atom is -0.353 e. The number of carbonyl (C=O) groups excluding carboxylic acids is 1. The average Bonchev–Trinajstić information content (AvgIpc) is 2.61. The molecule has 0 spiro atoms. The van der Waals surface area contributed by atoms with Crippen molar-refractivity contribution in [1.29, 1.82) is 0 Å². The number of amides is 1. The Hall–Kier alpha value is -0.570. The minimum absolute atomic E-state index is 0.291. The van der Waals surface area contributed by atoms with Crippen LogP contribution in [0.5, 0.6) is 0 Å². The second-order valence-electron chi connectivity index (χ2n) is 5.77. The molecule has 1 aliphatic heterocycles. The van der Waals surface area contributed by atoms with E-state index in [4.69, 9.17) is 0 Å². The first-order chi connectivity index (χ1) is 8.27. The van der Waals surface area contributed by atoms with Crippen LogP contribution in [0.2, 0.25) is 0 Å². The zero-order chi connectivity index (χ0) is 12.1. The van der Waals surface area contributed by atoms with Crippen LogP contribution in [0.1, 0.15) is 51.9 Å². The van der Waals surface area contributed by atoms with Crippen molar-refractivity contribution in [2.45, 2.75) is 57.9 Å². The minimum atomic E-state index is 0.291. The summed E-state index contributed by atoms with van der Waals surface area (Å²) in [5.74, 6) is 1.18. The zero-order valence-electron chi connectivity index (χ0n) is 11.0. The molecule has 1 saturated carbocycles. The van der Waals surface area contributed by atoms with Gasteiger partial charge in [0.2, 0.25) is 5.91 Å². The van der Waals surface area contributed by atoms with E-state index in [1.54, 1.807) is 0 Å². The lowest BCUT2D eigenvalue weighted by Gasteiger charge is -2.31. The Labute approximate surface area is 105 Å². The van der Waals surface area contributed by atoms with Gasteiger partial charge in [0.15, 0.2) is 0 Å². The Morgan fingerprint density at radius 2 is 1.82 bits per heavy atom. The summed E-state index contributed by atoms with van der Waals surface area (Å²) >= 11 is 0. The van der Waals surface area contributed by atoms with Crippen LogP contribution in [0.4, 0.5) is 0 Å². The number of piperidine rings is 1. The maximum Gasteiger partial charge on any atom is 0.223 e. The van der Waals surface area contributed by atoms with Gasteiger partial charge in [0, 0.05) is 12.0 Å². The summed E-state index contributed by atoms with van der Waals surface area (Å²) in [5.41, 5.74) is 0. The molecule has 1 saturated heterocycles. The van der Waals surface area contributed by atoms with Crippen molar-refractivity contribution in [3.05, 3.63) is 0 Å². The lowest BCUT2D eigenvalue weighted by molar-refractivity contribution is -0.126. The summed E-state index contributed by atoms with van der Waals surface area (Å²) in [7, 11) is 0. The van der Waals surface area contributed by atoms with Crippen LogP contribution in [-0.4, -0.2) is 25.0 Å². The molecule has 0 bridgehead atoms. The van der Waals surface area contributed by atoms with Crippen molar-refractivity contribution in [3.8, 4) is 0 Å². The number of nitrogens with one attached hydrogen (secondary N) is 2. The molecule has 0 radical (unpaired) electrons. The summed E-state index contributed by atoms with van der Waals surface area (Å²) in [6, 6.07) is 0.395. The fraction of sp³-hybridized carbons (Fsp3) is 0.929. The van der Waals surface area contributed by atoms with E-state index in [1.807, 2.05) is 0 Å². The van der Waals surface area contributed by atoms with E-state index < -0.39 is 0 Å². The molecule has 2 rings (SSSR count). The molecule has 17 heavy (non-hydrogen) atoms. The molecule has 1 heterocycles. The Balaban J connectivity index is 1.82. The van der Waals surface area contributed by atoms with E-state index in [0.29, 0.717) is 23.8 Å². The SMILES string of the molecule is CC1CNCCC1NC(=O)C1CCCCCC1. The van der Waals surface area contributed by atoms with Gasteiger partial charge in [-0.2, -0.15) is 0 Å². The van der Waals surface area contributed by atoms with Gasteiger partial charge in [0.05, 0.1) is 0 Å². The van der Waals surface area contributed by atoms with E-state index in [2.05, 4.69) is 17.6 Å². The molecular formula is C14H26N2O. The van der Waals surface area contributed by atoms with Crippen LogP contribution in [0.25, 0.3) is 0 Å². The molecule has 1 aliphatic carbocycles. The van der Waals surface area contributed by atoms with Crippen molar-refractivity contribution in [1.82, 2.24) is 10.6 Å². The van der Waals surface area contributed by atoms with Crippen molar-refractivity contribution >= 4 is 5.91 Å². The molecule has 0 aromatic rings. The number of carbonyl (C=O) groups is 1. The quantitative estimate of drug-likeness (QED) is 0.723. The van der Waals surface area contributed by atoms with E-state index in [-0.39, 0.29) is 0 Å². The van der Waals surface area contributed by atoms with Gasteiger partial charge in [-0.1, -0.05) is 32.6 Å². The van der Waals surface area contributed by atoms with Crippen LogP contribution >= 0.6 is 0 Å². The van der Waals surface area contributed by atoms with Gasteiger partial charge in [-0.25, -0.2) is 0 Å². The van der Waals surface area contributed by atoms with E-state index in [9.17, 15) is 4.79 Å².